The van der Waals surface area contributed by atoms with Crippen LogP contribution in [0.4, 0.5) is 0 Å². The molecule has 0 bridgehead atoms. The molecule has 0 saturated carbocycles. The van der Waals surface area contributed by atoms with Gasteiger partial charge in [0, 0.05) is 18.1 Å². The molecule has 0 atom stereocenters. The first kappa shape index (κ1) is 9.03. The molecule has 1 aliphatic rings. The zero-order chi connectivity index (χ0) is 8.97. The number of methoxy groups -OCH3 is 1. The molecule has 0 aromatic carbocycles. The molecule has 0 aromatic heterocycles. The van der Waals surface area contributed by atoms with E-state index in [1.807, 2.05) is 0 Å². The van der Waals surface area contributed by atoms with Crippen molar-refractivity contribution in [1.82, 2.24) is 0 Å². The first-order valence-corrected chi connectivity index (χ1v) is 3.57. The zero-order valence-corrected chi connectivity index (χ0v) is 6.77. The highest BCUT2D eigenvalue weighted by Crippen LogP contribution is 2.06. The van der Waals surface area contributed by atoms with Crippen molar-refractivity contribution >= 4 is 13.0 Å². The average molecular weight is 167 g/mol. The number of aliphatic imine (C=N–C) groups is 1. The van der Waals surface area contributed by atoms with Gasteiger partial charge in [0.05, 0.1) is 7.11 Å². The normalized spacial score (nSPS) is 16.2. The number of nitrogens with zero attached hydrogens (tertiary/aromatic N) is 1. The Morgan fingerprint density at radius 3 is 2.92 bits per heavy atom. The van der Waals surface area contributed by atoms with Crippen LogP contribution in [0.3, 0.4) is 0 Å². The minimum atomic E-state index is -1.47. The highest BCUT2D eigenvalue weighted by Gasteiger charge is 2.12. The van der Waals surface area contributed by atoms with Crippen molar-refractivity contribution in [3.8, 4) is 0 Å². The van der Waals surface area contributed by atoms with E-state index < -0.39 is 7.12 Å². The molecule has 2 N–H and O–H groups in total. The van der Waals surface area contributed by atoms with E-state index in [0.29, 0.717) is 17.8 Å². The maximum atomic E-state index is 8.79. The smallest absolute Gasteiger partial charge is 0.484 e. The molecule has 12 heavy (non-hydrogen) atoms. The van der Waals surface area contributed by atoms with Crippen molar-refractivity contribution in [3.05, 3.63) is 23.8 Å². The van der Waals surface area contributed by atoms with Gasteiger partial charge in [0.15, 0.2) is 5.90 Å². The number of rotatable bonds is 1. The number of allylic oxidation sites excluding steroid dienone is 2. The Bertz CT molecular complexity index is 245. The molecule has 0 amide bonds. The highest BCUT2D eigenvalue weighted by atomic mass is 16.5. The second kappa shape index (κ2) is 4.08. The van der Waals surface area contributed by atoms with Crippen molar-refractivity contribution in [2.24, 2.45) is 4.99 Å². The van der Waals surface area contributed by atoms with Gasteiger partial charge in [0.2, 0.25) is 0 Å². The summed E-state index contributed by atoms with van der Waals surface area (Å²) in [5.74, 6) is 0.557. The van der Waals surface area contributed by atoms with Crippen molar-refractivity contribution in [2.75, 3.05) is 7.11 Å². The molecular weight excluding hydrogens is 157 g/mol. The average Bonchev–Trinajstić information content (AvgIpc) is 2.28. The Morgan fingerprint density at radius 2 is 2.33 bits per heavy atom. The van der Waals surface area contributed by atoms with E-state index in [1.165, 1.54) is 13.3 Å². The Balaban J connectivity index is 2.78. The fourth-order valence-corrected chi connectivity index (χ4v) is 0.827. The van der Waals surface area contributed by atoms with Crippen LogP contribution in [0.1, 0.15) is 6.42 Å². The van der Waals surface area contributed by atoms with Gasteiger partial charge in [-0.1, -0.05) is 12.2 Å². The topological polar surface area (TPSA) is 62.0 Å². The molecule has 5 heteroatoms. The van der Waals surface area contributed by atoms with Crippen molar-refractivity contribution in [1.29, 1.82) is 0 Å². The molecule has 1 aliphatic heterocycles. The highest BCUT2D eigenvalue weighted by molar-refractivity contribution is 6.51. The van der Waals surface area contributed by atoms with Crippen LogP contribution in [0, 0.1) is 0 Å². The Morgan fingerprint density at radius 1 is 1.58 bits per heavy atom. The quantitative estimate of drug-likeness (QED) is 0.535. The summed E-state index contributed by atoms with van der Waals surface area (Å²) >= 11 is 0. The summed E-state index contributed by atoms with van der Waals surface area (Å²) in [5.41, 5.74) is 0.363. The monoisotopic (exact) mass is 167 g/mol. The second-order valence-electron chi connectivity index (χ2n) is 2.34. The molecule has 0 aromatic rings. The summed E-state index contributed by atoms with van der Waals surface area (Å²) in [6.45, 7) is 0. The largest absolute Gasteiger partial charge is 0.489 e. The lowest BCUT2D eigenvalue weighted by atomic mass is 9.80. The summed E-state index contributed by atoms with van der Waals surface area (Å²) in [7, 11) is 0.0575. The van der Waals surface area contributed by atoms with Gasteiger partial charge in [-0.05, 0) is 0 Å². The third kappa shape index (κ3) is 2.22. The van der Waals surface area contributed by atoms with E-state index in [9.17, 15) is 0 Å². The van der Waals surface area contributed by atoms with E-state index in [2.05, 4.69) is 4.99 Å². The number of hydrogen-bond acceptors (Lipinski definition) is 4. The standard InChI is InChI=1S/C7H10BNO3/c1-12-7-4-2-3-6(5-9-7)8(10)11/h2-3,5,10-11H,4H2,1H3. The number of hydrogen-bond donors (Lipinski definition) is 2. The third-order valence-corrected chi connectivity index (χ3v) is 1.49. The van der Waals surface area contributed by atoms with Gasteiger partial charge >= 0.3 is 7.12 Å². The predicted molar refractivity (Wildman–Crippen MR) is 46.5 cm³/mol. The van der Waals surface area contributed by atoms with Crippen LogP contribution in [0.5, 0.6) is 0 Å². The van der Waals surface area contributed by atoms with Crippen molar-refractivity contribution in [3.63, 3.8) is 0 Å². The fourth-order valence-electron chi connectivity index (χ4n) is 0.827. The van der Waals surface area contributed by atoms with Crippen LogP contribution in [0.2, 0.25) is 0 Å². The van der Waals surface area contributed by atoms with Crippen LogP contribution < -0.4 is 0 Å². The summed E-state index contributed by atoms with van der Waals surface area (Å²) in [6.07, 6.45) is 5.33. The fraction of sp³-hybridized carbons (Fsp3) is 0.286. The van der Waals surface area contributed by atoms with Crippen molar-refractivity contribution < 1.29 is 14.8 Å². The lowest BCUT2D eigenvalue weighted by Gasteiger charge is -1.96. The SMILES string of the molecule is COC1=NC=C(B(O)O)C=CC1. The van der Waals surface area contributed by atoms with Crippen molar-refractivity contribution in [2.45, 2.75) is 6.42 Å². The number of ether oxygens (including phenoxy) is 1. The summed E-state index contributed by atoms with van der Waals surface area (Å²) < 4.78 is 4.89. The first-order chi connectivity index (χ1) is 5.74. The van der Waals surface area contributed by atoms with E-state index in [0.717, 1.165) is 0 Å². The van der Waals surface area contributed by atoms with Gasteiger partial charge in [-0.15, -0.1) is 0 Å². The lowest BCUT2D eigenvalue weighted by molar-refractivity contribution is 0.395. The van der Waals surface area contributed by atoms with Crippen LogP contribution in [0.25, 0.3) is 0 Å². The lowest BCUT2D eigenvalue weighted by Crippen LogP contribution is -2.13. The minimum absolute atomic E-state index is 0.363. The van der Waals surface area contributed by atoms with E-state index >= 15 is 0 Å². The van der Waals surface area contributed by atoms with Gasteiger partial charge in [0.1, 0.15) is 0 Å². The van der Waals surface area contributed by atoms with Gasteiger partial charge in [-0.3, -0.25) is 0 Å². The minimum Gasteiger partial charge on any atom is -0.484 e. The molecule has 0 saturated heterocycles. The summed E-state index contributed by atoms with van der Waals surface area (Å²) in [6, 6.07) is 0. The van der Waals surface area contributed by atoms with Gasteiger partial charge in [-0.2, -0.15) is 0 Å². The van der Waals surface area contributed by atoms with Gasteiger partial charge in [-0.25, -0.2) is 4.99 Å². The third-order valence-electron chi connectivity index (χ3n) is 1.49. The Kier molecular flexibility index (Phi) is 3.07. The molecule has 0 aliphatic carbocycles. The zero-order valence-electron chi connectivity index (χ0n) is 6.77. The predicted octanol–water partition coefficient (Wildman–Crippen LogP) is -0.113. The maximum Gasteiger partial charge on any atom is 0.489 e. The van der Waals surface area contributed by atoms with Crippen LogP contribution >= 0.6 is 0 Å². The molecule has 4 nitrogen and oxygen atoms in total. The first-order valence-electron chi connectivity index (χ1n) is 3.57. The second-order valence-corrected chi connectivity index (χ2v) is 2.34. The molecule has 0 radical (unpaired) electrons. The van der Waals surface area contributed by atoms with Gasteiger partial charge in [0.25, 0.3) is 0 Å². The Hall–Kier alpha value is -1.07. The van der Waals surface area contributed by atoms with E-state index in [-0.39, 0.29) is 0 Å². The summed E-state index contributed by atoms with van der Waals surface area (Å²) in [5, 5.41) is 17.6. The van der Waals surface area contributed by atoms with Crippen LogP contribution in [-0.4, -0.2) is 30.2 Å². The maximum absolute atomic E-state index is 8.79. The van der Waals surface area contributed by atoms with Crippen LogP contribution in [-0.2, 0) is 4.74 Å². The molecule has 0 fully saturated rings. The molecule has 0 spiro atoms. The van der Waals surface area contributed by atoms with E-state index in [1.54, 1.807) is 12.2 Å². The van der Waals surface area contributed by atoms with Gasteiger partial charge < -0.3 is 14.8 Å². The van der Waals surface area contributed by atoms with Crippen LogP contribution in [0.15, 0.2) is 28.8 Å². The molecule has 1 heterocycles. The molecule has 1 rings (SSSR count). The summed E-state index contributed by atoms with van der Waals surface area (Å²) in [4.78, 5) is 3.89. The molecule has 64 valence electrons. The molecular formula is C7H10BNO3. The Labute approximate surface area is 71.0 Å². The molecule has 0 unspecified atom stereocenters. The van der Waals surface area contributed by atoms with E-state index in [4.69, 9.17) is 14.8 Å².